The molecule has 2 N–H and O–H groups in total. The minimum atomic E-state index is 0. The molecule has 144 valence electrons. The third kappa shape index (κ3) is 5.81. The van der Waals surface area contributed by atoms with Crippen molar-refractivity contribution < 1.29 is 4.74 Å². The summed E-state index contributed by atoms with van der Waals surface area (Å²) in [7, 11) is 3.45. The average molecular weight is 480 g/mol. The lowest BCUT2D eigenvalue weighted by molar-refractivity contribution is 0.414. The number of fused-ring (bicyclic) bond motifs is 1. The summed E-state index contributed by atoms with van der Waals surface area (Å²) in [6.45, 7) is 1.40. The number of benzene rings is 1. The molecule has 27 heavy (non-hydrogen) atoms. The number of methoxy groups -OCH3 is 1. The van der Waals surface area contributed by atoms with Crippen LogP contribution in [0.1, 0.15) is 17.8 Å². The Morgan fingerprint density at radius 3 is 2.67 bits per heavy atom. The Balaban J connectivity index is 0.00000261. The largest absolute Gasteiger partial charge is 0.497 e. The number of rotatable bonds is 7. The Kier molecular flexibility index (Phi) is 8.31. The van der Waals surface area contributed by atoms with Crippen LogP contribution in [0.4, 0.5) is 0 Å². The van der Waals surface area contributed by atoms with Gasteiger partial charge in [0.15, 0.2) is 17.4 Å². The molecule has 3 aromatic rings. The van der Waals surface area contributed by atoms with Crippen LogP contribution >= 0.6 is 24.0 Å². The molecule has 0 aliphatic rings. The summed E-state index contributed by atoms with van der Waals surface area (Å²) < 4.78 is 7.14. The van der Waals surface area contributed by atoms with E-state index in [-0.39, 0.29) is 24.0 Å². The average Bonchev–Trinajstić information content (AvgIpc) is 3.11. The highest BCUT2D eigenvalue weighted by Crippen LogP contribution is 2.12. The summed E-state index contributed by atoms with van der Waals surface area (Å²) in [5.41, 5.74) is 2.14. The van der Waals surface area contributed by atoms with Crippen molar-refractivity contribution in [2.24, 2.45) is 4.99 Å². The normalized spacial score (nSPS) is 11.1. The second-order valence-electron chi connectivity index (χ2n) is 5.85. The van der Waals surface area contributed by atoms with Gasteiger partial charge in [0.25, 0.3) is 0 Å². The molecular weight excluding hydrogens is 455 g/mol. The molecule has 0 aliphatic carbocycles. The second kappa shape index (κ2) is 10.7. The van der Waals surface area contributed by atoms with E-state index in [9.17, 15) is 0 Å². The summed E-state index contributed by atoms with van der Waals surface area (Å²) >= 11 is 0. The highest BCUT2D eigenvalue weighted by atomic mass is 127. The van der Waals surface area contributed by atoms with E-state index in [4.69, 9.17) is 4.74 Å². The molecule has 0 saturated carbocycles. The second-order valence-corrected chi connectivity index (χ2v) is 5.85. The Bertz CT molecular complexity index is 862. The summed E-state index contributed by atoms with van der Waals surface area (Å²) in [6, 6.07) is 14.0. The van der Waals surface area contributed by atoms with Gasteiger partial charge >= 0.3 is 0 Å². The lowest BCUT2D eigenvalue weighted by atomic mass is 10.1. The molecular formula is C19H25IN6O. The van der Waals surface area contributed by atoms with Gasteiger partial charge in [0.2, 0.25) is 0 Å². The van der Waals surface area contributed by atoms with Crippen LogP contribution in [0.2, 0.25) is 0 Å². The van der Waals surface area contributed by atoms with Crippen molar-refractivity contribution in [1.29, 1.82) is 0 Å². The molecule has 0 saturated heterocycles. The quantitative estimate of drug-likeness (QED) is 0.236. The molecule has 2 heterocycles. The predicted octanol–water partition coefficient (Wildman–Crippen LogP) is 2.65. The van der Waals surface area contributed by atoms with Gasteiger partial charge in [-0.3, -0.25) is 9.39 Å². The van der Waals surface area contributed by atoms with E-state index in [0.29, 0.717) is 6.54 Å². The van der Waals surface area contributed by atoms with Crippen molar-refractivity contribution in [2.75, 3.05) is 20.7 Å². The number of aryl methyl sites for hydroxylation is 1. The Morgan fingerprint density at radius 1 is 1.11 bits per heavy atom. The molecule has 3 rings (SSSR count). The minimum absolute atomic E-state index is 0. The molecule has 0 bridgehead atoms. The van der Waals surface area contributed by atoms with Gasteiger partial charge in [-0.05, 0) is 42.7 Å². The van der Waals surface area contributed by atoms with Gasteiger partial charge < -0.3 is 15.4 Å². The summed E-state index contributed by atoms with van der Waals surface area (Å²) in [4.78, 5) is 4.26. The molecule has 0 amide bonds. The number of guanidine groups is 1. The van der Waals surface area contributed by atoms with Crippen LogP contribution in [-0.4, -0.2) is 41.3 Å². The molecule has 0 radical (unpaired) electrons. The third-order valence-corrected chi connectivity index (χ3v) is 4.12. The van der Waals surface area contributed by atoms with Crippen molar-refractivity contribution in [3.05, 3.63) is 60.0 Å². The van der Waals surface area contributed by atoms with Gasteiger partial charge in [0.1, 0.15) is 5.75 Å². The maximum absolute atomic E-state index is 5.18. The van der Waals surface area contributed by atoms with Crippen molar-refractivity contribution in [3.8, 4) is 5.75 Å². The zero-order chi connectivity index (χ0) is 18.2. The Morgan fingerprint density at radius 2 is 1.93 bits per heavy atom. The van der Waals surface area contributed by atoms with Crippen molar-refractivity contribution in [3.63, 3.8) is 0 Å². The van der Waals surface area contributed by atoms with Gasteiger partial charge in [-0.2, -0.15) is 0 Å². The number of nitrogens with zero attached hydrogens (tertiary/aromatic N) is 4. The molecule has 2 aromatic heterocycles. The summed E-state index contributed by atoms with van der Waals surface area (Å²) in [5, 5.41) is 15.0. The Labute approximate surface area is 176 Å². The van der Waals surface area contributed by atoms with Crippen LogP contribution in [0.5, 0.6) is 5.75 Å². The molecule has 0 fully saturated rings. The van der Waals surface area contributed by atoms with E-state index < -0.39 is 0 Å². The van der Waals surface area contributed by atoms with Gasteiger partial charge in [-0.1, -0.05) is 18.2 Å². The van der Waals surface area contributed by atoms with Gasteiger partial charge in [0.05, 0.1) is 13.7 Å². The van der Waals surface area contributed by atoms with E-state index in [1.54, 1.807) is 14.2 Å². The number of ether oxygens (including phenoxy) is 1. The van der Waals surface area contributed by atoms with E-state index >= 15 is 0 Å². The summed E-state index contributed by atoms with van der Waals surface area (Å²) in [6.07, 6.45) is 3.97. The fourth-order valence-electron chi connectivity index (χ4n) is 2.69. The first-order chi connectivity index (χ1) is 12.8. The SMILES string of the molecule is CN=C(NCCCc1ccc(OC)cc1)NCc1nnc2ccccn12.I. The molecule has 0 unspecified atom stereocenters. The topological polar surface area (TPSA) is 75.8 Å². The van der Waals surface area contributed by atoms with Crippen LogP contribution in [0.25, 0.3) is 5.65 Å². The Hall–Kier alpha value is -2.36. The maximum atomic E-state index is 5.18. The van der Waals surface area contributed by atoms with E-state index in [1.807, 2.05) is 40.9 Å². The number of halogens is 1. The zero-order valence-electron chi connectivity index (χ0n) is 15.6. The highest BCUT2D eigenvalue weighted by molar-refractivity contribution is 14.0. The zero-order valence-corrected chi connectivity index (χ0v) is 17.9. The van der Waals surface area contributed by atoms with E-state index in [2.05, 4.69) is 38.0 Å². The van der Waals surface area contributed by atoms with Crippen LogP contribution in [0.15, 0.2) is 53.7 Å². The molecule has 0 aliphatic heterocycles. The van der Waals surface area contributed by atoms with Gasteiger partial charge in [-0.15, -0.1) is 34.2 Å². The lowest BCUT2D eigenvalue weighted by Crippen LogP contribution is -2.37. The number of pyridine rings is 1. The number of nitrogens with one attached hydrogen (secondary N) is 2. The van der Waals surface area contributed by atoms with Gasteiger partial charge in [0, 0.05) is 19.8 Å². The van der Waals surface area contributed by atoms with E-state index in [0.717, 1.165) is 42.6 Å². The van der Waals surface area contributed by atoms with Crippen LogP contribution in [0.3, 0.4) is 0 Å². The molecule has 0 spiro atoms. The molecule has 1 aromatic carbocycles. The highest BCUT2D eigenvalue weighted by Gasteiger charge is 2.05. The molecule has 7 nitrogen and oxygen atoms in total. The first-order valence-corrected chi connectivity index (χ1v) is 8.66. The molecule has 8 heteroatoms. The van der Waals surface area contributed by atoms with Gasteiger partial charge in [-0.25, -0.2) is 0 Å². The first kappa shape index (κ1) is 20.9. The number of aromatic nitrogens is 3. The van der Waals surface area contributed by atoms with Crippen LogP contribution in [0, 0.1) is 0 Å². The van der Waals surface area contributed by atoms with Crippen molar-refractivity contribution in [1.82, 2.24) is 25.2 Å². The lowest BCUT2D eigenvalue weighted by Gasteiger charge is -2.11. The van der Waals surface area contributed by atoms with E-state index in [1.165, 1.54) is 5.56 Å². The number of hydrogen-bond acceptors (Lipinski definition) is 4. The van der Waals surface area contributed by atoms with Crippen molar-refractivity contribution in [2.45, 2.75) is 19.4 Å². The third-order valence-electron chi connectivity index (χ3n) is 4.12. The monoisotopic (exact) mass is 480 g/mol. The van der Waals surface area contributed by atoms with Crippen LogP contribution in [-0.2, 0) is 13.0 Å². The standard InChI is InChI=1S/C19H24N6O.HI/c1-20-19(21-12-5-6-15-8-10-16(26-2)11-9-15)22-14-18-24-23-17-7-3-4-13-25(17)18;/h3-4,7-11,13H,5-6,12,14H2,1-2H3,(H2,20,21,22);1H. The fraction of sp³-hybridized carbons (Fsp3) is 0.316. The molecule has 0 atom stereocenters. The smallest absolute Gasteiger partial charge is 0.191 e. The van der Waals surface area contributed by atoms with Crippen molar-refractivity contribution >= 4 is 35.6 Å². The van der Waals surface area contributed by atoms with Crippen LogP contribution < -0.4 is 15.4 Å². The number of hydrogen-bond donors (Lipinski definition) is 2. The summed E-state index contributed by atoms with van der Waals surface area (Å²) in [5.74, 6) is 2.49. The number of aliphatic imine (C=N–C) groups is 1. The maximum Gasteiger partial charge on any atom is 0.191 e. The first-order valence-electron chi connectivity index (χ1n) is 8.66. The fourth-order valence-corrected chi connectivity index (χ4v) is 2.69. The predicted molar refractivity (Wildman–Crippen MR) is 118 cm³/mol. The minimum Gasteiger partial charge on any atom is -0.497 e.